The van der Waals surface area contributed by atoms with Crippen molar-refractivity contribution in [3.63, 3.8) is 0 Å². The van der Waals surface area contributed by atoms with Gasteiger partial charge in [0, 0.05) is 29.9 Å². The molecule has 1 N–H and O–H groups in total. The van der Waals surface area contributed by atoms with Crippen LogP contribution in [-0.4, -0.2) is 16.5 Å². The van der Waals surface area contributed by atoms with Crippen LogP contribution in [0.25, 0.3) is 0 Å². The van der Waals surface area contributed by atoms with Gasteiger partial charge in [0.05, 0.1) is 0 Å². The van der Waals surface area contributed by atoms with Gasteiger partial charge in [-0.15, -0.1) is 0 Å². The molecule has 0 spiro atoms. The molecule has 0 saturated heterocycles. The van der Waals surface area contributed by atoms with Crippen molar-refractivity contribution in [2.24, 2.45) is 5.41 Å². The molecule has 17 heavy (non-hydrogen) atoms. The maximum Gasteiger partial charge on any atom is 0.132 e. The zero-order chi connectivity index (χ0) is 12.5. The van der Waals surface area contributed by atoms with Crippen LogP contribution in [0.15, 0.2) is 6.20 Å². The van der Waals surface area contributed by atoms with Crippen LogP contribution in [0, 0.1) is 12.3 Å². The number of aryl methyl sites for hydroxylation is 1. The maximum absolute atomic E-state index is 4.66. The summed E-state index contributed by atoms with van der Waals surface area (Å²) in [4.78, 5) is 9.18. The average molecular weight is 233 g/mol. The molecule has 1 fully saturated rings. The molecule has 0 amide bonds. The van der Waals surface area contributed by atoms with Crippen LogP contribution in [-0.2, 0) is 6.54 Å². The SMILES string of the molecule is CCCNCc1cnc(C2CC2(C)C)nc1C. The lowest BCUT2D eigenvalue weighted by Gasteiger charge is -2.08. The van der Waals surface area contributed by atoms with Crippen molar-refractivity contribution < 1.29 is 0 Å². The third kappa shape index (κ3) is 2.83. The Morgan fingerprint density at radius 1 is 1.47 bits per heavy atom. The lowest BCUT2D eigenvalue weighted by atomic mass is 10.1. The van der Waals surface area contributed by atoms with E-state index in [2.05, 4.69) is 43.0 Å². The molecule has 1 unspecified atom stereocenters. The van der Waals surface area contributed by atoms with Crippen LogP contribution in [0.4, 0.5) is 0 Å². The highest BCUT2D eigenvalue weighted by Crippen LogP contribution is 2.57. The molecule has 1 atom stereocenters. The summed E-state index contributed by atoms with van der Waals surface area (Å²) in [5.41, 5.74) is 2.76. The molecular formula is C14H23N3. The van der Waals surface area contributed by atoms with Crippen molar-refractivity contribution >= 4 is 0 Å². The summed E-state index contributed by atoms with van der Waals surface area (Å²) >= 11 is 0. The molecule has 1 heterocycles. The topological polar surface area (TPSA) is 37.8 Å². The largest absolute Gasteiger partial charge is 0.313 e. The second-order valence-electron chi connectivity index (χ2n) is 5.76. The van der Waals surface area contributed by atoms with Gasteiger partial charge in [-0.25, -0.2) is 9.97 Å². The Bertz CT molecular complexity index is 398. The van der Waals surface area contributed by atoms with E-state index in [-0.39, 0.29) is 0 Å². The van der Waals surface area contributed by atoms with Gasteiger partial charge in [-0.2, -0.15) is 0 Å². The lowest BCUT2D eigenvalue weighted by Crippen LogP contribution is -2.15. The van der Waals surface area contributed by atoms with Gasteiger partial charge in [-0.3, -0.25) is 0 Å². The van der Waals surface area contributed by atoms with Gasteiger partial charge >= 0.3 is 0 Å². The smallest absolute Gasteiger partial charge is 0.132 e. The van der Waals surface area contributed by atoms with Crippen LogP contribution >= 0.6 is 0 Å². The summed E-state index contributed by atoms with van der Waals surface area (Å²) in [6.45, 7) is 10.8. The summed E-state index contributed by atoms with van der Waals surface area (Å²) in [6.07, 6.45) is 4.38. The van der Waals surface area contributed by atoms with E-state index in [4.69, 9.17) is 0 Å². The molecule has 1 saturated carbocycles. The zero-order valence-electron chi connectivity index (χ0n) is 11.4. The lowest BCUT2D eigenvalue weighted by molar-refractivity contribution is 0.605. The fraction of sp³-hybridized carbons (Fsp3) is 0.714. The van der Waals surface area contributed by atoms with Crippen LogP contribution in [0.2, 0.25) is 0 Å². The Balaban J connectivity index is 2.02. The van der Waals surface area contributed by atoms with Crippen molar-refractivity contribution in [2.45, 2.75) is 53.0 Å². The second-order valence-corrected chi connectivity index (χ2v) is 5.76. The molecule has 2 rings (SSSR count). The molecule has 94 valence electrons. The number of aromatic nitrogens is 2. The molecule has 0 aromatic carbocycles. The molecule has 1 aromatic rings. The first-order chi connectivity index (χ1) is 8.04. The minimum atomic E-state index is 0.411. The van der Waals surface area contributed by atoms with E-state index < -0.39 is 0 Å². The summed E-state index contributed by atoms with van der Waals surface area (Å²) in [5, 5.41) is 3.39. The summed E-state index contributed by atoms with van der Waals surface area (Å²) < 4.78 is 0. The summed E-state index contributed by atoms with van der Waals surface area (Å²) in [6, 6.07) is 0. The van der Waals surface area contributed by atoms with Gasteiger partial charge in [0.2, 0.25) is 0 Å². The quantitative estimate of drug-likeness (QED) is 0.795. The molecule has 3 nitrogen and oxygen atoms in total. The number of rotatable bonds is 5. The van der Waals surface area contributed by atoms with E-state index >= 15 is 0 Å². The van der Waals surface area contributed by atoms with Gasteiger partial charge in [0.25, 0.3) is 0 Å². The Morgan fingerprint density at radius 3 is 2.71 bits per heavy atom. The van der Waals surface area contributed by atoms with Gasteiger partial charge in [-0.05, 0) is 31.7 Å². The van der Waals surface area contributed by atoms with E-state index in [0.717, 1.165) is 31.0 Å². The first-order valence-electron chi connectivity index (χ1n) is 6.57. The third-order valence-electron chi connectivity index (χ3n) is 3.67. The van der Waals surface area contributed by atoms with Crippen molar-refractivity contribution in [1.29, 1.82) is 0 Å². The predicted molar refractivity (Wildman–Crippen MR) is 69.9 cm³/mol. The van der Waals surface area contributed by atoms with Crippen molar-refractivity contribution in [3.05, 3.63) is 23.3 Å². The highest BCUT2D eigenvalue weighted by molar-refractivity contribution is 5.21. The predicted octanol–water partition coefficient (Wildman–Crippen LogP) is 2.80. The minimum absolute atomic E-state index is 0.411. The molecular weight excluding hydrogens is 210 g/mol. The Kier molecular flexibility index (Phi) is 3.48. The molecule has 1 aliphatic rings. The van der Waals surface area contributed by atoms with Gasteiger partial charge < -0.3 is 5.32 Å². The Hall–Kier alpha value is -0.960. The number of nitrogens with one attached hydrogen (secondary N) is 1. The molecule has 0 bridgehead atoms. The van der Waals surface area contributed by atoms with Crippen LogP contribution in [0.5, 0.6) is 0 Å². The van der Waals surface area contributed by atoms with E-state index in [1.165, 1.54) is 12.0 Å². The highest BCUT2D eigenvalue weighted by Gasteiger charge is 2.48. The molecule has 0 aliphatic heterocycles. The standard InChI is InChI=1S/C14H23N3/c1-5-6-15-8-11-9-16-13(17-10(11)2)12-7-14(12,3)4/h9,12,15H,5-8H2,1-4H3. The molecule has 1 aromatic heterocycles. The van der Waals surface area contributed by atoms with E-state index in [1.54, 1.807) is 0 Å². The third-order valence-corrected chi connectivity index (χ3v) is 3.67. The van der Waals surface area contributed by atoms with Crippen molar-refractivity contribution in [1.82, 2.24) is 15.3 Å². The number of hydrogen-bond acceptors (Lipinski definition) is 3. The molecule has 1 aliphatic carbocycles. The minimum Gasteiger partial charge on any atom is -0.313 e. The Morgan fingerprint density at radius 2 is 2.18 bits per heavy atom. The average Bonchev–Trinajstić information content (AvgIpc) is 2.90. The first-order valence-corrected chi connectivity index (χ1v) is 6.57. The molecule has 0 radical (unpaired) electrons. The van der Waals surface area contributed by atoms with E-state index in [1.807, 2.05) is 6.20 Å². The van der Waals surface area contributed by atoms with Gasteiger partial charge in [0.1, 0.15) is 5.82 Å². The van der Waals surface area contributed by atoms with E-state index in [0.29, 0.717) is 11.3 Å². The monoisotopic (exact) mass is 233 g/mol. The fourth-order valence-electron chi connectivity index (χ4n) is 2.16. The van der Waals surface area contributed by atoms with Crippen molar-refractivity contribution in [2.75, 3.05) is 6.54 Å². The van der Waals surface area contributed by atoms with E-state index in [9.17, 15) is 0 Å². The van der Waals surface area contributed by atoms with Crippen LogP contribution in [0.1, 0.15) is 56.6 Å². The highest BCUT2D eigenvalue weighted by atomic mass is 14.9. The van der Waals surface area contributed by atoms with Crippen LogP contribution < -0.4 is 5.32 Å². The first kappa shape index (κ1) is 12.5. The Labute approximate surface area is 104 Å². The van der Waals surface area contributed by atoms with Gasteiger partial charge in [0.15, 0.2) is 0 Å². The van der Waals surface area contributed by atoms with Crippen molar-refractivity contribution in [3.8, 4) is 0 Å². The van der Waals surface area contributed by atoms with Gasteiger partial charge in [-0.1, -0.05) is 20.8 Å². The fourth-order valence-corrected chi connectivity index (χ4v) is 2.16. The normalized spacial score (nSPS) is 21.5. The number of hydrogen-bond donors (Lipinski definition) is 1. The zero-order valence-corrected chi connectivity index (χ0v) is 11.4. The number of nitrogens with zero attached hydrogens (tertiary/aromatic N) is 2. The summed E-state index contributed by atoms with van der Waals surface area (Å²) in [5.74, 6) is 1.60. The molecule has 3 heteroatoms. The second kappa shape index (κ2) is 4.73. The van der Waals surface area contributed by atoms with Crippen LogP contribution in [0.3, 0.4) is 0 Å². The maximum atomic E-state index is 4.66. The summed E-state index contributed by atoms with van der Waals surface area (Å²) in [7, 11) is 0.